The Hall–Kier alpha value is -1.86. The van der Waals surface area contributed by atoms with Crippen LogP contribution in [0.25, 0.3) is 0 Å². The van der Waals surface area contributed by atoms with E-state index in [0.29, 0.717) is 0 Å². The highest BCUT2D eigenvalue weighted by Crippen LogP contribution is 2.36. The van der Waals surface area contributed by atoms with E-state index in [1.165, 1.54) is 4.90 Å². The van der Waals surface area contributed by atoms with E-state index in [2.05, 4.69) is 5.32 Å². The molecule has 2 aliphatic rings. The van der Waals surface area contributed by atoms with E-state index in [0.717, 1.165) is 11.0 Å². The lowest BCUT2D eigenvalue weighted by Gasteiger charge is -2.32. The van der Waals surface area contributed by atoms with E-state index >= 15 is 0 Å². The van der Waals surface area contributed by atoms with Crippen molar-refractivity contribution in [2.45, 2.75) is 45.4 Å². The number of carbonyl (C=O) groups is 2. The van der Waals surface area contributed by atoms with Crippen LogP contribution in [0.5, 0.6) is 0 Å². The molecule has 122 valence electrons. The number of amides is 3. The summed E-state index contributed by atoms with van der Waals surface area (Å²) in [6.07, 6.45) is 0. The summed E-state index contributed by atoms with van der Waals surface area (Å²) in [5.74, 6) is -0.223. The van der Waals surface area contributed by atoms with Crippen LogP contribution < -0.4 is 10.8 Å². The number of nitrogens with zero attached hydrogens (tertiary/aromatic N) is 1. The smallest absolute Gasteiger partial charge is 0.399 e. The zero-order valence-electron chi connectivity index (χ0n) is 13.9. The number of imide groups is 1. The van der Waals surface area contributed by atoms with Crippen LogP contribution in [0.15, 0.2) is 24.3 Å². The first-order chi connectivity index (χ1) is 10.7. The lowest BCUT2D eigenvalue weighted by molar-refractivity contribution is -0.125. The molecule has 2 saturated heterocycles. The van der Waals surface area contributed by atoms with Gasteiger partial charge in [0.15, 0.2) is 0 Å². The van der Waals surface area contributed by atoms with Gasteiger partial charge in [-0.05, 0) is 38.7 Å². The van der Waals surface area contributed by atoms with Gasteiger partial charge in [0.25, 0.3) is 0 Å². The SMILES string of the molecule is CC1(C)OB(c2ccccc2CN2C(=O)CNC2=O)OC1(C)C. The van der Waals surface area contributed by atoms with Crippen molar-refractivity contribution in [2.75, 3.05) is 6.54 Å². The number of hydrogen-bond acceptors (Lipinski definition) is 4. The Morgan fingerprint density at radius 2 is 1.74 bits per heavy atom. The van der Waals surface area contributed by atoms with Crippen molar-refractivity contribution in [2.24, 2.45) is 0 Å². The first-order valence-corrected chi connectivity index (χ1v) is 7.73. The van der Waals surface area contributed by atoms with Crippen molar-refractivity contribution >= 4 is 24.5 Å². The van der Waals surface area contributed by atoms with Crippen LogP contribution in [0, 0.1) is 0 Å². The van der Waals surface area contributed by atoms with Crippen molar-refractivity contribution in [3.8, 4) is 0 Å². The Balaban J connectivity index is 1.88. The molecule has 0 bridgehead atoms. The Morgan fingerprint density at radius 1 is 1.13 bits per heavy atom. The number of rotatable bonds is 3. The minimum Gasteiger partial charge on any atom is -0.399 e. The number of carbonyl (C=O) groups excluding carboxylic acids is 2. The highest BCUT2D eigenvalue weighted by atomic mass is 16.7. The maximum absolute atomic E-state index is 11.8. The van der Waals surface area contributed by atoms with E-state index in [4.69, 9.17) is 9.31 Å². The lowest BCUT2D eigenvalue weighted by Crippen LogP contribution is -2.41. The number of urea groups is 1. The van der Waals surface area contributed by atoms with E-state index in [-0.39, 0.29) is 25.0 Å². The summed E-state index contributed by atoms with van der Waals surface area (Å²) < 4.78 is 12.2. The summed E-state index contributed by atoms with van der Waals surface area (Å²) in [5.41, 5.74) is 0.812. The highest BCUT2D eigenvalue weighted by molar-refractivity contribution is 6.62. The molecule has 0 radical (unpaired) electrons. The van der Waals surface area contributed by atoms with Gasteiger partial charge in [0.05, 0.1) is 24.3 Å². The quantitative estimate of drug-likeness (QED) is 0.668. The molecule has 0 spiro atoms. The van der Waals surface area contributed by atoms with Crippen LogP contribution in [0.3, 0.4) is 0 Å². The maximum Gasteiger partial charge on any atom is 0.495 e. The van der Waals surface area contributed by atoms with Crippen molar-refractivity contribution < 1.29 is 18.9 Å². The molecule has 0 aliphatic carbocycles. The number of nitrogens with one attached hydrogen (secondary N) is 1. The molecule has 6 nitrogen and oxygen atoms in total. The first kappa shape index (κ1) is 16.0. The van der Waals surface area contributed by atoms with Gasteiger partial charge in [0.2, 0.25) is 5.91 Å². The first-order valence-electron chi connectivity index (χ1n) is 7.73. The molecule has 3 amide bonds. The Bertz CT molecular complexity index is 627. The molecule has 0 unspecified atom stereocenters. The third-order valence-corrected chi connectivity index (χ3v) is 4.83. The summed E-state index contributed by atoms with van der Waals surface area (Å²) in [6, 6.07) is 7.21. The van der Waals surface area contributed by atoms with Gasteiger partial charge in [-0.1, -0.05) is 24.3 Å². The lowest BCUT2D eigenvalue weighted by atomic mass is 9.76. The van der Waals surface area contributed by atoms with Crippen LogP contribution in [0.4, 0.5) is 4.79 Å². The van der Waals surface area contributed by atoms with Gasteiger partial charge in [-0.25, -0.2) is 4.79 Å². The second-order valence-electron chi connectivity index (χ2n) is 6.93. The summed E-state index contributed by atoms with van der Waals surface area (Å²) in [5, 5.41) is 2.53. The molecular formula is C16H21BN2O4. The minimum absolute atomic E-state index is 0.0531. The molecule has 3 rings (SSSR count). The predicted octanol–water partition coefficient (Wildman–Crippen LogP) is 1.04. The second kappa shape index (κ2) is 5.35. The van der Waals surface area contributed by atoms with Crippen LogP contribution in [0.2, 0.25) is 0 Å². The number of hydrogen-bond donors (Lipinski definition) is 1. The van der Waals surface area contributed by atoms with Gasteiger partial charge >= 0.3 is 13.1 Å². The molecule has 2 aliphatic heterocycles. The van der Waals surface area contributed by atoms with E-state index in [1.54, 1.807) is 0 Å². The fraction of sp³-hybridized carbons (Fsp3) is 0.500. The minimum atomic E-state index is -0.517. The van der Waals surface area contributed by atoms with Crippen LogP contribution in [-0.2, 0) is 20.6 Å². The molecule has 2 fully saturated rings. The van der Waals surface area contributed by atoms with Crippen LogP contribution >= 0.6 is 0 Å². The average Bonchev–Trinajstić information content (AvgIpc) is 2.89. The molecular weight excluding hydrogens is 295 g/mol. The molecule has 2 heterocycles. The summed E-state index contributed by atoms with van der Waals surface area (Å²) in [4.78, 5) is 24.8. The molecule has 1 N–H and O–H groups in total. The number of benzene rings is 1. The monoisotopic (exact) mass is 316 g/mol. The molecule has 23 heavy (non-hydrogen) atoms. The summed E-state index contributed by atoms with van der Waals surface area (Å²) >= 11 is 0. The van der Waals surface area contributed by atoms with Crippen molar-refractivity contribution in [1.82, 2.24) is 10.2 Å². The van der Waals surface area contributed by atoms with Crippen LogP contribution in [-0.4, -0.2) is 41.7 Å². The zero-order chi connectivity index (χ0) is 16.8. The van der Waals surface area contributed by atoms with E-state index < -0.39 is 18.3 Å². The third-order valence-electron chi connectivity index (χ3n) is 4.83. The average molecular weight is 316 g/mol. The van der Waals surface area contributed by atoms with Gasteiger partial charge in [-0.3, -0.25) is 9.69 Å². The normalized spacial score (nSPS) is 22.6. The zero-order valence-corrected chi connectivity index (χ0v) is 13.9. The van der Waals surface area contributed by atoms with E-state index in [1.807, 2.05) is 52.0 Å². The largest absolute Gasteiger partial charge is 0.495 e. The van der Waals surface area contributed by atoms with E-state index in [9.17, 15) is 9.59 Å². The van der Waals surface area contributed by atoms with Gasteiger partial charge in [0.1, 0.15) is 0 Å². The van der Waals surface area contributed by atoms with Crippen LogP contribution in [0.1, 0.15) is 33.3 Å². The third kappa shape index (κ3) is 2.75. The Labute approximate surface area is 136 Å². The summed E-state index contributed by atoms with van der Waals surface area (Å²) in [6.45, 7) is 8.24. The molecule has 1 aromatic rings. The molecule has 7 heteroatoms. The Kier molecular flexibility index (Phi) is 3.73. The van der Waals surface area contributed by atoms with Gasteiger partial charge < -0.3 is 14.6 Å². The Morgan fingerprint density at radius 3 is 2.30 bits per heavy atom. The molecule has 0 saturated carbocycles. The van der Waals surface area contributed by atoms with Gasteiger partial charge in [-0.15, -0.1) is 0 Å². The summed E-state index contributed by atoms with van der Waals surface area (Å²) in [7, 11) is -0.517. The molecule has 0 aromatic heterocycles. The standard InChI is InChI=1S/C16H21BN2O4/c1-15(2)16(3,4)23-17(22-15)12-8-6-5-7-11(12)10-19-13(20)9-18-14(19)21/h5-8H,9-10H2,1-4H3,(H,18,21). The highest BCUT2D eigenvalue weighted by Gasteiger charge is 2.52. The van der Waals surface area contributed by atoms with Crippen molar-refractivity contribution in [1.29, 1.82) is 0 Å². The van der Waals surface area contributed by atoms with Crippen molar-refractivity contribution in [3.63, 3.8) is 0 Å². The molecule has 0 atom stereocenters. The fourth-order valence-electron chi connectivity index (χ4n) is 2.66. The fourth-order valence-corrected chi connectivity index (χ4v) is 2.66. The predicted molar refractivity (Wildman–Crippen MR) is 86.1 cm³/mol. The topological polar surface area (TPSA) is 67.9 Å². The second-order valence-corrected chi connectivity index (χ2v) is 6.93. The molecule has 1 aromatic carbocycles. The van der Waals surface area contributed by atoms with Gasteiger partial charge in [-0.2, -0.15) is 0 Å². The maximum atomic E-state index is 11.8. The van der Waals surface area contributed by atoms with Gasteiger partial charge in [0, 0.05) is 0 Å². The van der Waals surface area contributed by atoms with Crippen molar-refractivity contribution in [3.05, 3.63) is 29.8 Å².